The number of hydrogen-bond donors (Lipinski definition) is 0. The summed E-state index contributed by atoms with van der Waals surface area (Å²) in [5.41, 5.74) is 0. The van der Waals surface area contributed by atoms with E-state index >= 15 is 0 Å². The zero-order chi connectivity index (χ0) is 18.2. The van der Waals surface area contributed by atoms with Crippen molar-refractivity contribution >= 4 is 27.5 Å². The molecule has 0 radical (unpaired) electrons. The van der Waals surface area contributed by atoms with Gasteiger partial charge in [0.25, 0.3) is 0 Å². The minimum absolute atomic E-state index is 0.00977. The molecule has 2 aliphatic rings. The first-order valence-corrected chi connectivity index (χ1v) is 11.7. The number of nitrogens with zero attached hydrogens (tertiary/aromatic N) is 4. The molecule has 1 amide bonds. The van der Waals surface area contributed by atoms with Crippen LogP contribution >= 0.6 is 11.8 Å². The summed E-state index contributed by atoms with van der Waals surface area (Å²) >= 11 is 1.41. The second kappa shape index (κ2) is 7.26. The van der Waals surface area contributed by atoms with Gasteiger partial charge in [0.05, 0.1) is 17.3 Å². The Kier molecular flexibility index (Phi) is 5.43. The van der Waals surface area contributed by atoms with E-state index in [1.807, 2.05) is 20.8 Å². The van der Waals surface area contributed by atoms with E-state index in [4.69, 9.17) is 0 Å². The second-order valence-corrected chi connectivity index (χ2v) is 10.2. The van der Waals surface area contributed by atoms with Crippen LogP contribution in [0.15, 0.2) is 5.16 Å². The molecule has 25 heavy (non-hydrogen) atoms. The Morgan fingerprint density at radius 2 is 2.08 bits per heavy atom. The quantitative estimate of drug-likeness (QED) is 0.665. The molecule has 9 heteroatoms. The Bertz CT molecular complexity index is 743. The third-order valence-corrected chi connectivity index (χ3v) is 7.71. The van der Waals surface area contributed by atoms with Crippen molar-refractivity contribution < 1.29 is 13.2 Å². The number of hydrogen-bond acceptors (Lipinski definition) is 6. The maximum Gasteiger partial charge on any atom is 0.233 e. The molecule has 2 fully saturated rings. The molecule has 1 saturated heterocycles. The molecule has 1 aliphatic carbocycles. The summed E-state index contributed by atoms with van der Waals surface area (Å²) in [6.07, 6.45) is 3.63. The molecule has 2 atom stereocenters. The fourth-order valence-electron chi connectivity index (χ4n) is 3.40. The summed E-state index contributed by atoms with van der Waals surface area (Å²) in [6.45, 7) is 5.95. The minimum Gasteiger partial charge on any atom is -0.335 e. The predicted octanol–water partition coefficient (Wildman–Crippen LogP) is 1.83. The van der Waals surface area contributed by atoms with Crippen LogP contribution in [-0.4, -0.2) is 63.3 Å². The molecule has 1 saturated carbocycles. The fraction of sp³-hybridized carbons (Fsp3) is 0.812. The van der Waals surface area contributed by atoms with E-state index in [-0.39, 0.29) is 35.2 Å². The predicted molar refractivity (Wildman–Crippen MR) is 97.4 cm³/mol. The van der Waals surface area contributed by atoms with Crippen LogP contribution in [0.4, 0.5) is 0 Å². The topological polar surface area (TPSA) is 85.2 Å². The van der Waals surface area contributed by atoms with Gasteiger partial charge in [0.1, 0.15) is 5.82 Å². The van der Waals surface area contributed by atoms with Gasteiger partial charge in [-0.25, -0.2) is 8.42 Å². The van der Waals surface area contributed by atoms with Crippen molar-refractivity contribution in [1.82, 2.24) is 19.7 Å². The highest BCUT2D eigenvalue weighted by Gasteiger charge is 2.36. The van der Waals surface area contributed by atoms with Gasteiger partial charge in [-0.15, -0.1) is 10.2 Å². The summed E-state index contributed by atoms with van der Waals surface area (Å²) in [5.74, 6) is 1.42. The highest BCUT2D eigenvalue weighted by atomic mass is 32.2. The Hall–Kier alpha value is -1.09. The van der Waals surface area contributed by atoms with Crippen molar-refractivity contribution in [3.8, 4) is 0 Å². The van der Waals surface area contributed by atoms with Gasteiger partial charge in [-0.3, -0.25) is 4.79 Å². The number of amides is 1. The normalized spacial score (nSPS) is 23.6. The van der Waals surface area contributed by atoms with Gasteiger partial charge in [0, 0.05) is 18.1 Å². The molecule has 0 bridgehead atoms. The van der Waals surface area contributed by atoms with Gasteiger partial charge in [-0.05, 0) is 39.5 Å². The minimum atomic E-state index is -3.02. The van der Waals surface area contributed by atoms with E-state index in [1.54, 1.807) is 4.90 Å². The number of carbonyl (C=O) groups excluding carboxylic acids is 1. The molecule has 0 unspecified atom stereocenters. The van der Waals surface area contributed by atoms with E-state index in [0.29, 0.717) is 12.5 Å². The Labute approximate surface area is 153 Å². The van der Waals surface area contributed by atoms with E-state index in [2.05, 4.69) is 14.8 Å². The van der Waals surface area contributed by atoms with Crippen molar-refractivity contribution in [3.63, 3.8) is 0 Å². The molecule has 1 aromatic heterocycles. The average Bonchev–Trinajstić information content (AvgIpc) is 3.24. The Morgan fingerprint density at radius 1 is 1.36 bits per heavy atom. The lowest BCUT2D eigenvalue weighted by molar-refractivity contribution is -0.132. The van der Waals surface area contributed by atoms with Crippen LogP contribution in [0.3, 0.4) is 0 Å². The maximum absolute atomic E-state index is 12.9. The highest BCUT2D eigenvalue weighted by molar-refractivity contribution is 7.99. The average molecular weight is 387 g/mol. The lowest BCUT2D eigenvalue weighted by Gasteiger charge is -2.33. The SMILES string of the molecule is CC[C@@H](C)N(C(=O)CSc1nnc(C)n1C1CC1)[C@@H]1CCS(=O)(=O)C1. The van der Waals surface area contributed by atoms with Gasteiger partial charge in [-0.2, -0.15) is 0 Å². The van der Waals surface area contributed by atoms with Crippen molar-refractivity contribution in [2.75, 3.05) is 17.3 Å². The van der Waals surface area contributed by atoms with Crippen LogP contribution in [0.2, 0.25) is 0 Å². The van der Waals surface area contributed by atoms with Gasteiger partial charge in [0.15, 0.2) is 15.0 Å². The molecule has 0 N–H and O–H groups in total. The van der Waals surface area contributed by atoms with E-state index in [1.165, 1.54) is 11.8 Å². The zero-order valence-corrected chi connectivity index (χ0v) is 16.6. The number of rotatable bonds is 7. The summed E-state index contributed by atoms with van der Waals surface area (Å²) in [7, 11) is -3.02. The van der Waals surface area contributed by atoms with Gasteiger partial charge < -0.3 is 9.47 Å². The van der Waals surface area contributed by atoms with E-state index in [0.717, 1.165) is 30.2 Å². The third-order valence-electron chi connectivity index (χ3n) is 5.03. The number of sulfone groups is 1. The molecule has 7 nitrogen and oxygen atoms in total. The molecular weight excluding hydrogens is 360 g/mol. The summed E-state index contributed by atoms with van der Waals surface area (Å²) in [6, 6.07) is 0.309. The highest BCUT2D eigenvalue weighted by Crippen LogP contribution is 2.38. The van der Waals surface area contributed by atoms with E-state index < -0.39 is 9.84 Å². The van der Waals surface area contributed by atoms with Crippen LogP contribution < -0.4 is 0 Å². The number of aryl methyl sites for hydroxylation is 1. The van der Waals surface area contributed by atoms with Crippen LogP contribution in [-0.2, 0) is 14.6 Å². The summed E-state index contributed by atoms with van der Waals surface area (Å²) < 4.78 is 25.8. The lowest BCUT2D eigenvalue weighted by Crippen LogP contribution is -2.47. The molecule has 0 aromatic carbocycles. The van der Waals surface area contributed by atoms with Crippen LogP contribution in [0, 0.1) is 6.92 Å². The van der Waals surface area contributed by atoms with Crippen LogP contribution in [0.1, 0.15) is 51.4 Å². The molecular formula is C16H26N4O3S2. The molecule has 2 heterocycles. The first-order valence-electron chi connectivity index (χ1n) is 8.88. The van der Waals surface area contributed by atoms with Gasteiger partial charge in [0.2, 0.25) is 5.91 Å². The molecule has 1 aromatic rings. The molecule has 3 rings (SSSR count). The van der Waals surface area contributed by atoms with Crippen LogP contribution in [0.25, 0.3) is 0 Å². The molecule has 140 valence electrons. The van der Waals surface area contributed by atoms with Crippen molar-refractivity contribution in [2.24, 2.45) is 0 Å². The third kappa shape index (κ3) is 4.19. The summed E-state index contributed by atoms with van der Waals surface area (Å²) in [5, 5.41) is 9.13. The molecule has 1 aliphatic heterocycles. The largest absolute Gasteiger partial charge is 0.335 e. The van der Waals surface area contributed by atoms with Crippen LogP contribution in [0.5, 0.6) is 0 Å². The number of thioether (sulfide) groups is 1. The van der Waals surface area contributed by atoms with Gasteiger partial charge in [-0.1, -0.05) is 18.7 Å². The second-order valence-electron chi connectivity index (χ2n) is 7.03. The first kappa shape index (κ1) is 18.7. The first-order chi connectivity index (χ1) is 11.8. The number of carbonyl (C=O) groups is 1. The Balaban J connectivity index is 1.68. The molecule has 0 spiro atoms. The summed E-state index contributed by atoms with van der Waals surface area (Å²) in [4.78, 5) is 14.7. The number of aromatic nitrogens is 3. The standard InChI is InChI=1S/C16H26N4O3S2/c1-4-11(2)19(14-7-8-25(22,23)10-14)15(21)9-24-16-18-17-12(3)20(16)13-5-6-13/h11,13-14H,4-10H2,1-3H3/t11-,14-/m1/s1. The van der Waals surface area contributed by atoms with Crippen molar-refractivity contribution in [2.45, 2.75) is 69.7 Å². The van der Waals surface area contributed by atoms with Gasteiger partial charge >= 0.3 is 0 Å². The zero-order valence-electron chi connectivity index (χ0n) is 15.0. The fourth-order valence-corrected chi connectivity index (χ4v) is 6.03. The van der Waals surface area contributed by atoms with E-state index in [9.17, 15) is 13.2 Å². The monoisotopic (exact) mass is 386 g/mol. The Morgan fingerprint density at radius 3 is 2.64 bits per heavy atom. The maximum atomic E-state index is 12.9. The van der Waals surface area contributed by atoms with Crippen molar-refractivity contribution in [3.05, 3.63) is 5.82 Å². The van der Waals surface area contributed by atoms with Crippen molar-refractivity contribution in [1.29, 1.82) is 0 Å². The smallest absolute Gasteiger partial charge is 0.233 e. The lowest BCUT2D eigenvalue weighted by atomic mass is 10.1.